The Balaban J connectivity index is 2.40. The van der Waals surface area contributed by atoms with Crippen LogP contribution in [-0.4, -0.2) is 0 Å². The summed E-state index contributed by atoms with van der Waals surface area (Å²) in [6, 6.07) is 10.6. The van der Waals surface area contributed by atoms with Gasteiger partial charge in [-0.3, -0.25) is 0 Å². The van der Waals surface area contributed by atoms with Gasteiger partial charge in [0.15, 0.2) is 0 Å². The summed E-state index contributed by atoms with van der Waals surface area (Å²) < 4.78 is 0. The molecule has 1 rings (SSSR count). The van der Waals surface area contributed by atoms with Crippen LogP contribution in [0.15, 0.2) is 30.3 Å². The molecule has 2 unspecified atom stereocenters. The van der Waals surface area contributed by atoms with Crippen molar-refractivity contribution in [3.05, 3.63) is 35.9 Å². The predicted molar refractivity (Wildman–Crippen MR) is 75.8 cm³/mol. The second-order valence-corrected chi connectivity index (χ2v) is 6.37. The van der Waals surface area contributed by atoms with Crippen LogP contribution in [0.1, 0.15) is 58.6 Å². The highest BCUT2D eigenvalue weighted by Gasteiger charge is 2.16. The van der Waals surface area contributed by atoms with E-state index >= 15 is 0 Å². The smallest absolute Gasteiger partial charge is 0.0320 e. The zero-order chi connectivity index (χ0) is 12.9. The van der Waals surface area contributed by atoms with Crippen molar-refractivity contribution in [3.8, 4) is 0 Å². The van der Waals surface area contributed by atoms with Crippen molar-refractivity contribution in [1.29, 1.82) is 0 Å². The fourth-order valence-corrected chi connectivity index (χ4v) is 2.14. The van der Waals surface area contributed by atoms with E-state index in [2.05, 4.69) is 52.0 Å². The second-order valence-electron chi connectivity index (χ2n) is 6.37. The van der Waals surface area contributed by atoms with Crippen molar-refractivity contribution in [1.82, 2.24) is 0 Å². The molecule has 1 aromatic rings. The highest BCUT2D eigenvalue weighted by molar-refractivity contribution is 5.18. The average Bonchev–Trinajstić information content (AvgIpc) is 2.27. The van der Waals surface area contributed by atoms with Gasteiger partial charge in [-0.25, -0.2) is 0 Å². The normalized spacial score (nSPS) is 15.6. The van der Waals surface area contributed by atoms with Crippen molar-refractivity contribution >= 4 is 0 Å². The average molecular weight is 233 g/mol. The molecule has 1 aromatic carbocycles. The Morgan fingerprint density at radius 1 is 1.12 bits per heavy atom. The molecule has 0 aromatic heterocycles. The van der Waals surface area contributed by atoms with E-state index in [1.165, 1.54) is 24.8 Å². The van der Waals surface area contributed by atoms with Gasteiger partial charge in [0.05, 0.1) is 0 Å². The summed E-state index contributed by atoms with van der Waals surface area (Å²) in [5.41, 5.74) is 7.99. The summed E-state index contributed by atoms with van der Waals surface area (Å²) in [5, 5.41) is 0. The first-order valence-electron chi connectivity index (χ1n) is 6.71. The lowest BCUT2D eigenvalue weighted by Crippen LogP contribution is -2.19. The van der Waals surface area contributed by atoms with Crippen LogP contribution in [-0.2, 0) is 0 Å². The van der Waals surface area contributed by atoms with E-state index in [4.69, 9.17) is 5.73 Å². The Kier molecular flexibility index (Phi) is 5.20. The van der Waals surface area contributed by atoms with E-state index in [0.717, 1.165) is 0 Å². The molecular weight excluding hydrogens is 206 g/mol. The maximum absolute atomic E-state index is 6.29. The molecule has 1 nitrogen and oxygen atoms in total. The first kappa shape index (κ1) is 14.2. The minimum Gasteiger partial charge on any atom is -0.324 e. The molecule has 17 heavy (non-hydrogen) atoms. The van der Waals surface area contributed by atoms with Gasteiger partial charge in [-0.15, -0.1) is 0 Å². The monoisotopic (exact) mass is 233 g/mol. The van der Waals surface area contributed by atoms with Crippen molar-refractivity contribution in [2.45, 2.75) is 53.0 Å². The van der Waals surface area contributed by atoms with Gasteiger partial charge in [-0.2, -0.15) is 0 Å². The van der Waals surface area contributed by atoms with E-state index in [9.17, 15) is 0 Å². The van der Waals surface area contributed by atoms with Crippen LogP contribution in [0.5, 0.6) is 0 Å². The fraction of sp³-hybridized carbons (Fsp3) is 0.625. The Bertz CT molecular complexity index is 310. The molecule has 2 N–H and O–H groups in total. The number of hydrogen-bond acceptors (Lipinski definition) is 1. The first-order valence-corrected chi connectivity index (χ1v) is 6.71. The third-order valence-corrected chi connectivity index (χ3v) is 3.38. The standard InChI is InChI=1S/C16H27N/c1-13(9-8-12-16(2,3)4)15(17)14-10-6-5-7-11-14/h5-7,10-11,13,15H,8-9,12,17H2,1-4H3. The first-order chi connectivity index (χ1) is 7.90. The lowest BCUT2D eigenvalue weighted by Gasteiger charge is -2.23. The Labute approximate surface area is 106 Å². The quantitative estimate of drug-likeness (QED) is 0.794. The van der Waals surface area contributed by atoms with Crippen molar-refractivity contribution < 1.29 is 0 Å². The largest absolute Gasteiger partial charge is 0.324 e. The molecule has 96 valence electrons. The number of benzene rings is 1. The summed E-state index contributed by atoms with van der Waals surface area (Å²) in [7, 11) is 0. The molecule has 0 saturated carbocycles. The zero-order valence-corrected chi connectivity index (χ0v) is 11.7. The van der Waals surface area contributed by atoms with Gasteiger partial charge in [-0.1, -0.05) is 64.4 Å². The molecule has 0 saturated heterocycles. The van der Waals surface area contributed by atoms with Crippen LogP contribution in [0.4, 0.5) is 0 Å². The van der Waals surface area contributed by atoms with Gasteiger partial charge >= 0.3 is 0 Å². The maximum atomic E-state index is 6.29. The van der Waals surface area contributed by atoms with E-state index in [-0.39, 0.29) is 6.04 Å². The van der Waals surface area contributed by atoms with Crippen molar-refractivity contribution in [2.24, 2.45) is 17.1 Å². The molecule has 0 aliphatic carbocycles. The highest BCUT2D eigenvalue weighted by Crippen LogP contribution is 2.27. The van der Waals surface area contributed by atoms with Gasteiger partial charge in [0.2, 0.25) is 0 Å². The minimum absolute atomic E-state index is 0.177. The molecule has 0 spiro atoms. The van der Waals surface area contributed by atoms with Gasteiger partial charge in [0, 0.05) is 6.04 Å². The summed E-state index contributed by atoms with van der Waals surface area (Å²) in [5.74, 6) is 0.555. The van der Waals surface area contributed by atoms with Crippen LogP contribution < -0.4 is 5.73 Å². The Morgan fingerprint density at radius 3 is 2.24 bits per heavy atom. The predicted octanol–water partition coefficient (Wildman–Crippen LogP) is 4.54. The minimum atomic E-state index is 0.177. The maximum Gasteiger partial charge on any atom is 0.0320 e. The number of rotatable bonds is 5. The summed E-state index contributed by atoms with van der Waals surface area (Å²) in [4.78, 5) is 0. The summed E-state index contributed by atoms with van der Waals surface area (Å²) in [6.45, 7) is 9.17. The van der Waals surface area contributed by atoms with Gasteiger partial charge in [0.1, 0.15) is 0 Å². The molecule has 0 heterocycles. The van der Waals surface area contributed by atoms with Crippen LogP contribution in [0, 0.1) is 11.3 Å². The van der Waals surface area contributed by atoms with E-state index < -0.39 is 0 Å². The third kappa shape index (κ3) is 5.36. The Morgan fingerprint density at radius 2 is 1.71 bits per heavy atom. The topological polar surface area (TPSA) is 26.0 Å². The van der Waals surface area contributed by atoms with Crippen LogP contribution in [0.25, 0.3) is 0 Å². The van der Waals surface area contributed by atoms with E-state index in [1.54, 1.807) is 0 Å². The number of hydrogen-bond donors (Lipinski definition) is 1. The van der Waals surface area contributed by atoms with Crippen LogP contribution in [0.3, 0.4) is 0 Å². The Hall–Kier alpha value is -0.820. The molecular formula is C16H27N. The zero-order valence-electron chi connectivity index (χ0n) is 11.7. The molecule has 1 heteroatoms. The van der Waals surface area contributed by atoms with Crippen LogP contribution >= 0.6 is 0 Å². The molecule has 0 fully saturated rings. The number of nitrogens with two attached hydrogens (primary N) is 1. The third-order valence-electron chi connectivity index (χ3n) is 3.38. The molecule has 0 aliphatic rings. The molecule has 0 amide bonds. The van der Waals surface area contributed by atoms with Crippen molar-refractivity contribution in [3.63, 3.8) is 0 Å². The SMILES string of the molecule is CC(CCCC(C)(C)C)C(N)c1ccccc1. The second kappa shape index (κ2) is 6.20. The molecule has 2 atom stereocenters. The molecule has 0 radical (unpaired) electrons. The summed E-state index contributed by atoms with van der Waals surface area (Å²) in [6.07, 6.45) is 3.76. The van der Waals surface area contributed by atoms with Gasteiger partial charge in [0.25, 0.3) is 0 Å². The summed E-state index contributed by atoms with van der Waals surface area (Å²) >= 11 is 0. The van der Waals surface area contributed by atoms with Gasteiger partial charge < -0.3 is 5.73 Å². The molecule has 0 aliphatic heterocycles. The van der Waals surface area contributed by atoms with E-state index in [0.29, 0.717) is 11.3 Å². The van der Waals surface area contributed by atoms with Crippen molar-refractivity contribution in [2.75, 3.05) is 0 Å². The fourth-order valence-electron chi connectivity index (χ4n) is 2.14. The molecule has 0 bridgehead atoms. The van der Waals surface area contributed by atoms with Crippen LogP contribution in [0.2, 0.25) is 0 Å². The van der Waals surface area contributed by atoms with Gasteiger partial charge in [-0.05, 0) is 29.7 Å². The van der Waals surface area contributed by atoms with E-state index in [1.807, 2.05) is 6.07 Å². The lowest BCUT2D eigenvalue weighted by atomic mass is 9.85. The lowest BCUT2D eigenvalue weighted by molar-refractivity contribution is 0.329. The highest BCUT2D eigenvalue weighted by atomic mass is 14.6.